The van der Waals surface area contributed by atoms with E-state index in [1.165, 1.54) is 4.68 Å². The second-order valence-electron chi connectivity index (χ2n) is 7.97. The first-order valence-corrected chi connectivity index (χ1v) is 10.7. The van der Waals surface area contributed by atoms with Gasteiger partial charge in [-0.25, -0.2) is 4.68 Å². The number of halogens is 4. The number of hydrogen-bond acceptors (Lipinski definition) is 3. The van der Waals surface area contributed by atoms with Crippen LogP contribution in [0.25, 0.3) is 5.69 Å². The number of carbonyl (C=O) groups excluding carboxylic acids is 1. The lowest BCUT2D eigenvalue weighted by Crippen LogP contribution is -2.25. The first-order valence-electron chi connectivity index (χ1n) is 10.4. The molecule has 1 amide bonds. The molecule has 3 aromatic rings. The second kappa shape index (κ2) is 8.61. The quantitative estimate of drug-likeness (QED) is 0.537. The number of aryl methyl sites for hydroxylation is 2. The molecule has 0 atom stereocenters. The van der Waals surface area contributed by atoms with Crippen molar-refractivity contribution in [2.24, 2.45) is 0 Å². The van der Waals surface area contributed by atoms with Gasteiger partial charge >= 0.3 is 6.18 Å². The van der Waals surface area contributed by atoms with Crippen molar-refractivity contribution in [1.82, 2.24) is 24.9 Å². The number of aromatic nitrogens is 4. The molecule has 1 aromatic carbocycles. The van der Waals surface area contributed by atoms with E-state index in [0.717, 1.165) is 35.5 Å². The van der Waals surface area contributed by atoms with E-state index in [0.29, 0.717) is 5.69 Å². The maximum Gasteiger partial charge on any atom is 0.436 e. The van der Waals surface area contributed by atoms with Crippen molar-refractivity contribution in [3.8, 4) is 5.69 Å². The number of carbonyl (C=O) groups is 1. The van der Waals surface area contributed by atoms with Crippen LogP contribution in [0.5, 0.6) is 0 Å². The lowest BCUT2D eigenvalue weighted by Gasteiger charge is -2.09. The van der Waals surface area contributed by atoms with E-state index in [1.807, 2.05) is 48.9 Å². The summed E-state index contributed by atoms with van der Waals surface area (Å²) in [6, 6.07) is 9.67. The van der Waals surface area contributed by atoms with Gasteiger partial charge in [-0.1, -0.05) is 29.8 Å². The number of para-hydroxylation sites is 1. The summed E-state index contributed by atoms with van der Waals surface area (Å²) in [6.45, 7) is 4.13. The molecular weight excluding hydrogens is 443 g/mol. The highest BCUT2D eigenvalue weighted by atomic mass is 35.5. The van der Waals surface area contributed by atoms with E-state index >= 15 is 0 Å². The highest BCUT2D eigenvalue weighted by molar-refractivity contribution is 6.32. The molecule has 2 aromatic heterocycles. The third kappa shape index (κ3) is 4.53. The lowest BCUT2D eigenvalue weighted by atomic mass is 10.2. The van der Waals surface area contributed by atoms with Gasteiger partial charge in [0, 0.05) is 30.1 Å². The molecule has 1 aliphatic rings. The molecule has 0 saturated heterocycles. The van der Waals surface area contributed by atoms with E-state index in [4.69, 9.17) is 11.6 Å². The van der Waals surface area contributed by atoms with E-state index < -0.39 is 11.9 Å². The Kier molecular flexibility index (Phi) is 6.03. The molecule has 6 nitrogen and oxygen atoms in total. The third-order valence-corrected chi connectivity index (χ3v) is 5.99. The molecule has 0 unspecified atom stereocenters. The van der Waals surface area contributed by atoms with Gasteiger partial charge in [0.15, 0.2) is 5.69 Å². The fourth-order valence-electron chi connectivity index (χ4n) is 3.79. The fraction of sp³-hybridized carbons (Fsp3) is 0.409. The van der Waals surface area contributed by atoms with Crippen molar-refractivity contribution >= 4 is 17.5 Å². The predicted molar refractivity (Wildman–Crippen MR) is 114 cm³/mol. The Bertz CT molecular complexity index is 1130. The molecular formula is C22H23ClF3N5O. The molecule has 0 aliphatic heterocycles. The second-order valence-corrected chi connectivity index (χ2v) is 8.34. The van der Waals surface area contributed by atoms with Gasteiger partial charge in [0.1, 0.15) is 0 Å². The summed E-state index contributed by atoms with van der Waals surface area (Å²) >= 11 is 5.98. The van der Waals surface area contributed by atoms with Crippen molar-refractivity contribution in [2.75, 3.05) is 0 Å². The molecule has 2 heterocycles. The van der Waals surface area contributed by atoms with E-state index in [2.05, 4.69) is 15.5 Å². The number of benzene rings is 1. The molecule has 1 aliphatic carbocycles. The molecule has 0 radical (unpaired) electrons. The van der Waals surface area contributed by atoms with Gasteiger partial charge in [-0.3, -0.25) is 9.48 Å². The summed E-state index contributed by atoms with van der Waals surface area (Å²) in [5.74, 6) is -0.304. The Morgan fingerprint density at radius 2 is 1.88 bits per heavy atom. The van der Waals surface area contributed by atoms with Gasteiger partial charge in [-0.05, 0) is 38.8 Å². The van der Waals surface area contributed by atoms with E-state index in [1.54, 1.807) is 0 Å². The average molecular weight is 466 g/mol. The van der Waals surface area contributed by atoms with Gasteiger partial charge in [-0.15, -0.1) is 0 Å². The van der Waals surface area contributed by atoms with Gasteiger partial charge in [-0.2, -0.15) is 23.4 Å². The minimum atomic E-state index is -4.62. The summed E-state index contributed by atoms with van der Waals surface area (Å²) < 4.78 is 42.6. The van der Waals surface area contributed by atoms with Crippen molar-refractivity contribution < 1.29 is 18.0 Å². The number of hydrogen-bond donors (Lipinski definition) is 1. The molecule has 0 bridgehead atoms. The maximum atomic E-state index is 13.2. The Morgan fingerprint density at radius 1 is 1.19 bits per heavy atom. The van der Waals surface area contributed by atoms with Crippen LogP contribution < -0.4 is 5.32 Å². The first-order chi connectivity index (χ1) is 15.2. The third-order valence-electron chi connectivity index (χ3n) is 5.62. The number of nitrogens with one attached hydrogen (secondary N) is 1. The highest BCUT2D eigenvalue weighted by Gasteiger charge is 2.42. The molecule has 0 spiro atoms. The van der Waals surface area contributed by atoms with Crippen LogP contribution in [0.3, 0.4) is 0 Å². The molecule has 1 fully saturated rings. The Balaban J connectivity index is 1.41. The number of rotatable bonds is 7. The number of nitrogens with zero attached hydrogens (tertiary/aromatic N) is 4. The lowest BCUT2D eigenvalue weighted by molar-refractivity contribution is -0.141. The van der Waals surface area contributed by atoms with Crippen LogP contribution in [0.15, 0.2) is 30.3 Å². The zero-order valence-electron chi connectivity index (χ0n) is 17.7. The van der Waals surface area contributed by atoms with Gasteiger partial charge in [0.05, 0.1) is 28.6 Å². The summed E-state index contributed by atoms with van der Waals surface area (Å²) in [4.78, 5) is 12.4. The number of alkyl halides is 3. The average Bonchev–Trinajstić information content (AvgIpc) is 3.46. The zero-order valence-corrected chi connectivity index (χ0v) is 18.5. The normalized spacial score (nSPS) is 14.1. The van der Waals surface area contributed by atoms with Crippen LogP contribution in [-0.2, 0) is 24.1 Å². The minimum absolute atomic E-state index is 0.0000559. The van der Waals surface area contributed by atoms with Gasteiger partial charge in [0.25, 0.3) is 0 Å². The fourth-order valence-corrected chi connectivity index (χ4v) is 4.18. The van der Waals surface area contributed by atoms with Crippen molar-refractivity contribution in [2.45, 2.75) is 58.3 Å². The Hall–Kier alpha value is -2.81. The van der Waals surface area contributed by atoms with Crippen LogP contribution in [-0.4, -0.2) is 25.5 Å². The Labute approximate surface area is 188 Å². The smallest absolute Gasteiger partial charge is 0.352 e. The predicted octanol–water partition coefficient (Wildman–Crippen LogP) is 4.94. The van der Waals surface area contributed by atoms with E-state index in [-0.39, 0.29) is 36.4 Å². The monoisotopic (exact) mass is 465 g/mol. The molecule has 1 N–H and O–H groups in total. The van der Waals surface area contributed by atoms with Crippen molar-refractivity contribution in [1.29, 1.82) is 0 Å². The van der Waals surface area contributed by atoms with Crippen molar-refractivity contribution in [3.05, 3.63) is 63.7 Å². The summed E-state index contributed by atoms with van der Waals surface area (Å²) in [7, 11) is 0. The zero-order chi connectivity index (χ0) is 23.0. The SMILES string of the molecule is Cc1nn(-c2ccccc2)c(C)c1CNC(=O)CCn1nc(C(F)(F)F)c(Cl)c1C1CC1. The summed E-state index contributed by atoms with van der Waals surface area (Å²) in [5, 5.41) is 10.7. The first kappa shape index (κ1) is 22.4. The van der Waals surface area contributed by atoms with Crippen LogP contribution in [0.1, 0.15) is 53.5 Å². The summed E-state index contributed by atoms with van der Waals surface area (Å²) in [5.41, 5.74) is 2.84. The summed E-state index contributed by atoms with van der Waals surface area (Å²) in [6.07, 6.45) is -3.07. The molecule has 10 heteroatoms. The molecule has 4 rings (SSSR count). The van der Waals surface area contributed by atoms with Gasteiger partial charge in [0.2, 0.25) is 5.91 Å². The van der Waals surface area contributed by atoms with Crippen molar-refractivity contribution in [3.63, 3.8) is 0 Å². The maximum absolute atomic E-state index is 13.2. The Morgan fingerprint density at radius 3 is 2.50 bits per heavy atom. The minimum Gasteiger partial charge on any atom is -0.352 e. The standard InChI is InChI=1S/C22H23ClF3N5O/c1-13-17(14(2)31(28-13)16-6-4-3-5-7-16)12-27-18(32)10-11-30-20(15-8-9-15)19(23)21(29-30)22(24,25)26/h3-7,15H,8-12H2,1-2H3,(H,27,32). The highest BCUT2D eigenvalue weighted by Crippen LogP contribution is 2.46. The topological polar surface area (TPSA) is 64.7 Å². The van der Waals surface area contributed by atoms with Crippen LogP contribution in [0.4, 0.5) is 13.2 Å². The van der Waals surface area contributed by atoms with Gasteiger partial charge < -0.3 is 5.32 Å². The van der Waals surface area contributed by atoms with Crippen LogP contribution in [0.2, 0.25) is 5.02 Å². The van der Waals surface area contributed by atoms with Crippen LogP contribution in [0, 0.1) is 13.8 Å². The van der Waals surface area contributed by atoms with E-state index in [9.17, 15) is 18.0 Å². The molecule has 170 valence electrons. The molecule has 32 heavy (non-hydrogen) atoms. The number of amides is 1. The largest absolute Gasteiger partial charge is 0.436 e. The molecule has 1 saturated carbocycles. The van der Waals surface area contributed by atoms with Crippen LogP contribution >= 0.6 is 11.6 Å².